The van der Waals surface area contributed by atoms with Crippen LogP contribution in [0.1, 0.15) is 17.7 Å². The van der Waals surface area contributed by atoms with Crippen LogP contribution >= 0.6 is 11.3 Å². The molecule has 0 aliphatic carbocycles. The van der Waals surface area contributed by atoms with Crippen molar-refractivity contribution in [1.29, 1.82) is 0 Å². The van der Waals surface area contributed by atoms with Crippen LogP contribution < -0.4 is 10.2 Å². The summed E-state index contributed by atoms with van der Waals surface area (Å²) in [6.45, 7) is 3.14. The third-order valence-electron chi connectivity index (χ3n) is 4.03. The minimum Gasteiger partial charge on any atom is -0.360 e. The van der Waals surface area contributed by atoms with E-state index in [4.69, 9.17) is 0 Å². The van der Waals surface area contributed by atoms with Crippen molar-refractivity contribution >= 4 is 23.1 Å². The van der Waals surface area contributed by atoms with E-state index in [2.05, 4.69) is 37.7 Å². The van der Waals surface area contributed by atoms with Crippen LogP contribution in [-0.2, 0) is 6.54 Å². The molecule has 3 heterocycles. The Bertz CT molecular complexity index is 623. The van der Waals surface area contributed by atoms with E-state index >= 15 is 0 Å². The summed E-state index contributed by atoms with van der Waals surface area (Å²) in [5.74, 6) is 0.427. The first kappa shape index (κ1) is 16.1. The lowest BCUT2D eigenvalue weighted by atomic mass is 10.1. The zero-order valence-corrected chi connectivity index (χ0v) is 14.3. The van der Waals surface area contributed by atoms with Crippen molar-refractivity contribution in [3.05, 3.63) is 34.4 Å². The fraction of sp³-hybridized carbons (Fsp3) is 0.500. The first-order chi connectivity index (χ1) is 11.1. The topological polar surface area (TPSA) is 44.3 Å². The Morgan fingerprint density at radius 3 is 2.83 bits per heavy atom. The molecule has 0 spiro atoms. The van der Waals surface area contributed by atoms with Crippen LogP contribution in [0.2, 0.25) is 0 Å². The van der Waals surface area contributed by atoms with Gasteiger partial charge in [0.2, 0.25) is 5.95 Å². The SMILES string of the molecule is CN(C)c1nc(NC2CCN(Cc3cccs3)CC2)ncc1F. The average Bonchev–Trinajstić information content (AvgIpc) is 3.04. The molecule has 1 fully saturated rings. The highest BCUT2D eigenvalue weighted by Gasteiger charge is 2.20. The highest BCUT2D eigenvalue weighted by atomic mass is 32.1. The molecule has 0 bridgehead atoms. The predicted molar refractivity (Wildman–Crippen MR) is 92.6 cm³/mol. The monoisotopic (exact) mass is 335 g/mol. The van der Waals surface area contributed by atoms with Gasteiger partial charge in [0.15, 0.2) is 11.6 Å². The molecular weight excluding hydrogens is 313 g/mol. The molecule has 2 aromatic heterocycles. The Kier molecular flexibility index (Phi) is 5.07. The molecule has 0 amide bonds. The van der Waals surface area contributed by atoms with Crippen LogP contribution in [0.15, 0.2) is 23.7 Å². The summed E-state index contributed by atoms with van der Waals surface area (Å²) in [6, 6.07) is 4.63. The molecule has 0 radical (unpaired) electrons. The van der Waals surface area contributed by atoms with Gasteiger partial charge in [-0.2, -0.15) is 4.98 Å². The number of likely N-dealkylation sites (tertiary alicyclic amines) is 1. The minimum absolute atomic E-state index is 0.317. The molecular formula is C16H22FN5S. The largest absolute Gasteiger partial charge is 0.360 e. The highest BCUT2D eigenvalue weighted by molar-refractivity contribution is 7.09. The molecule has 1 aliphatic heterocycles. The quantitative estimate of drug-likeness (QED) is 0.910. The Labute approximate surface area is 140 Å². The zero-order valence-electron chi connectivity index (χ0n) is 13.5. The number of anilines is 2. The Morgan fingerprint density at radius 2 is 2.17 bits per heavy atom. The maximum Gasteiger partial charge on any atom is 0.225 e. The van der Waals surface area contributed by atoms with E-state index in [9.17, 15) is 4.39 Å². The van der Waals surface area contributed by atoms with Crippen LogP contribution in [0.4, 0.5) is 16.2 Å². The van der Waals surface area contributed by atoms with Crippen molar-refractivity contribution in [2.24, 2.45) is 0 Å². The van der Waals surface area contributed by atoms with Gasteiger partial charge in [0.1, 0.15) is 0 Å². The Hall–Kier alpha value is -1.73. The fourth-order valence-electron chi connectivity index (χ4n) is 2.78. The van der Waals surface area contributed by atoms with E-state index in [0.29, 0.717) is 17.8 Å². The molecule has 0 atom stereocenters. The van der Waals surface area contributed by atoms with E-state index in [-0.39, 0.29) is 0 Å². The van der Waals surface area contributed by atoms with Gasteiger partial charge >= 0.3 is 0 Å². The number of nitrogens with one attached hydrogen (secondary N) is 1. The van der Waals surface area contributed by atoms with Gasteiger partial charge in [0.05, 0.1) is 6.20 Å². The number of rotatable bonds is 5. The van der Waals surface area contributed by atoms with E-state index in [1.165, 1.54) is 11.1 Å². The second-order valence-corrected chi connectivity index (χ2v) is 7.07. The molecule has 0 aromatic carbocycles. The summed E-state index contributed by atoms with van der Waals surface area (Å²) in [5.41, 5.74) is 0. The number of piperidine rings is 1. The minimum atomic E-state index is -0.397. The first-order valence-corrected chi connectivity index (χ1v) is 8.71. The van der Waals surface area contributed by atoms with Gasteiger partial charge in [-0.3, -0.25) is 4.90 Å². The van der Waals surface area contributed by atoms with Crippen molar-refractivity contribution in [2.75, 3.05) is 37.4 Å². The van der Waals surface area contributed by atoms with Gasteiger partial charge in [0, 0.05) is 44.6 Å². The molecule has 1 aliphatic rings. The summed E-state index contributed by atoms with van der Waals surface area (Å²) in [5, 5.41) is 5.47. The summed E-state index contributed by atoms with van der Waals surface area (Å²) in [6.07, 6.45) is 3.32. The maximum atomic E-state index is 13.6. The zero-order chi connectivity index (χ0) is 16.2. The number of hydrogen-bond donors (Lipinski definition) is 1. The number of aromatic nitrogens is 2. The molecule has 0 saturated carbocycles. The summed E-state index contributed by atoms with van der Waals surface area (Å²) >= 11 is 1.81. The molecule has 1 saturated heterocycles. The maximum absolute atomic E-state index is 13.6. The van der Waals surface area contributed by atoms with Crippen molar-refractivity contribution < 1.29 is 4.39 Å². The van der Waals surface area contributed by atoms with Gasteiger partial charge < -0.3 is 10.2 Å². The predicted octanol–water partition coefficient (Wildman–Crippen LogP) is 2.82. The van der Waals surface area contributed by atoms with Crippen molar-refractivity contribution in [3.63, 3.8) is 0 Å². The van der Waals surface area contributed by atoms with Crippen molar-refractivity contribution in [1.82, 2.24) is 14.9 Å². The summed E-state index contributed by atoms with van der Waals surface area (Å²) in [4.78, 5) is 13.9. The van der Waals surface area contributed by atoms with Gasteiger partial charge in [0.25, 0.3) is 0 Å². The number of nitrogens with zero attached hydrogens (tertiary/aromatic N) is 4. The lowest BCUT2D eigenvalue weighted by molar-refractivity contribution is 0.212. The lowest BCUT2D eigenvalue weighted by Crippen LogP contribution is -2.38. The molecule has 124 valence electrons. The first-order valence-electron chi connectivity index (χ1n) is 7.83. The van der Waals surface area contributed by atoms with Gasteiger partial charge in [-0.15, -0.1) is 11.3 Å². The number of thiophene rings is 1. The molecule has 1 N–H and O–H groups in total. The third-order valence-corrected chi connectivity index (χ3v) is 4.89. The average molecular weight is 335 g/mol. The Balaban J connectivity index is 1.53. The normalized spacial score (nSPS) is 16.5. The van der Waals surface area contributed by atoms with Crippen LogP contribution in [0, 0.1) is 5.82 Å². The Morgan fingerprint density at radius 1 is 1.39 bits per heavy atom. The van der Waals surface area contributed by atoms with E-state index in [1.54, 1.807) is 19.0 Å². The van der Waals surface area contributed by atoms with Crippen LogP contribution in [0.3, 0.4) is 0 Å². The number of halogens is 1. The fourth-order valence-corrected chi connectivity index (χ4v) is 3.53. The van der Waals surface area contributed by atoms with Gasteiger partial charge in [-0.05, 0) is 24.3 Å². The van der Waals surface area contributed by atoms with Crippen LogP contribution in [0.25, 0.3) is 0 Å². The van der Waals surface area contributed by atoms with Crippen LogP contribution in [0.5, 0.6) is 0 Å². The summed E-state index contributed by atoms with van der Waals surface area (Å²) < 4.78 is 13.6. The van der Waals surface area contributed by atoms with E-state index in [0.717, 1.165) is 32.5 Å². The summed E-state index contributed by atoms with van der Waals surface area (Å²) in [7, 11) is 3.55. The standard InChI is InChI=1S/C16H22FN5S/c1-21(2)15-14(17)10-18-16(20-15)19-12-5-7-22(8-6-12)11-13-4-3-9-23-13/h3-4,9-10,12H,5-8,11H2,1-2H3,(H,18,19,20). The molecule has 23 heavy (non-hydrogen) atoms. The molecule has 5 nitrogen and oxygen atoms in total. The third kappa shape index (κ3) is 4.17. The molecule has 7 heteroatoms. The van der Waals surface area contributed by atoms with E-state index < -0.39 is 5.82 Å². The number of hydrogen-bond acceptors (Lipinski definition) is 6. The van der Waals surface area contributed by atoms with E-state index in [1.807, 2.05) is 11.3 Å². The van der Waals surface area contributed by atoms with Crippen molar-refractivity contribution in [2.45, 2.75) is 25.4 Å². The molecule has 2 aromatic rings. The smallest absolute Gasteiger partial charge is 0.225 e. The molecule has 3 rings (SSSR count). The van der Waals surface area contributed by atoms with Gasteiger partial charge in [-0.1, -0.05) is 6.07 Å². The second-order valence-electron chi connectivity index (χ2n) is 6.03. The van der Waals surface area contributed by atoms with Crippen LogP contribution in [-0.4, -0.2) is 48.1 Å². The molecule has 0 unspecified atom stereocenters. The highest BCUT2D eigenvalue weighted by Crippen LogP contribution is 2.20. The van der Waals surface area contributed by atoms with Gasteiger partial charge in [-0.25, -0.2) is 9.37 Å². The van der Waals surface area contributed by atoms with Crippen molar-refractivity contribution in [3.8, 4) is 0 Å². The second kappa shape index (κ2) is 7.23. The lowest BCUT2D eigenvalue weighted by Gasteiger charge is -2.32.